The fraction of sp³-hybridized carbons (Fsp3) is 0.429. The zero-order valence-electron chi connectivity index (χ0n) is 11.6. The molecule has 1 aliphatic rings. The van der Waals surface area contributed by atoms with Gasteiger partial charge < -0.3 is 16.4 Å². The van der Waals surface area contributed by atoms with Crippen LogP contribution in [0.15, 0.2) is 28.2 Å². The molecular weight excluding hydrogens is 274 g/mol. The van der Waals surface area contributed by atoms with Gasteiger partial charge in [0.05, 0.1) is 5.69 Å². The summed E-state index contributed by atoms with van der Waals surface area (Å²) in [5.74, 6) is 0.583. The summed E-state index contributed by atoms with van der Waals surface area (Å²) in [7, 11) is 0. The van der Waals surface area contributed by atoms with E-state index in [4.69, 9.17) is 23.1 Å². The summed E-state index contributed by atoms with van der Waals surface area (Å²) in [6.07, 6.45) is 3.52. The molecule has 0 amide bonds. The van der Waals surface area contributed by atoms with Crippen molar-refractivity contribution in [1.82, 2.24) is 4.90 Å². The van der Waals surface area contributed by atoms with E-state index in [1.807, 2.05) is 24.0 Å². The number of hydrogen-bond donors (Lipinski definition) is 2. The topological polar surface area (TPSA) is 80.0 Å². The van der Waals surface area contributed by atoms with Crippen molar-refractivity contribution >= 4 is 29.2 Å². The van der Waals surface area contributed by atoms with E-state index >= 15 is 0 Å². The van der Waals surface area contributed by atoms with Gasteiger partial charge in [-0.15, -0.1) is 0 Å². The molecule has 1 fully saturated rings. The number of rotatable bonds is 1. The average Bonchev–Trinajstić information content (AvgIpc) is 2.38. The van der Waals surface area contributed by atoms with Crippen LogP contribution in [-0.2, 0) is 0 Å². The molecule has 0 aromatic heterocycles. The van der Waals surface area contributed by atoms with Crippen LogP contribution in [0.2, 0.25) is 5.02 Å². The average molecular weight is 294 g/mol. The van der Waals surface area contributed by atoms with Crippen LogP contribution in [0.3, 0.4) is 0 Å². The lowest BCUT2D eigenvalue weighted by Gasteiger charge is -2.27. The predicted molar refractivity (Wildman–Crippen MR) is 84.5 cm³/mol. The Kier molecular flexibility index (Phi) is 4.84. The number of piperidine rings is 1. The molecule has 1 saturated heterocycles. The Morgan fingerprint density at radius 1 is 1.15 bits per heavy atom. The largest absolute Gasteiger partial charge is 0.369 e. The first kappa shape index (κ1) is 14.7. The van der Waals surface area contributed by atoms with Crippen LogP contribution in [0.4, 0.5) is 5.69 Å². The molecule has 0 spiro atoms. The van der Waals surface area contributed by atoms with Gasteiger partial charge in [0, 0.05) is 18.1 Å². The van der Waals surface area contributed by atoms with Crippen LogP contribution in [0.5, 0.6) is 0 Å². The number of likely N-dealkylation sites (tertiary alicyclic amines) is 1. The molecule has 4 N–H and O–H groups in total. The zero-order valence-corrected chi connectivity index (χ0v) is 12.4. The van der Waals surface area contributed by atoms with Crippen LogP contribution < -0.4 is 11.5 Å². The molecule has 20 heavy (non-hydrogen) atoms. The Hall–Kier alpha value is -1.75. The number of nitrogens with zero attached hydrogens (tertiary/aromatic N) is 3. The fourth-order valence-corrected chi connectivity index (χ4v) is 2.53. The van der Waals surface area contributed by atoms with Gasteiger partial charge in [0.25, 0.3) is 0 Å². The number of aryl methyl sites for hydroxylation is 1. The van der Waals surface area contributed by atoms with Crippen LogP contribution in [0.1, 0.15) is 24.8 Å². The second-order valence-electron chi connectivity index (χ2n) is 4.97. The van der Waals surface area contributed by atoms with E-state index < -0.39 is 0 Å². The van der Waals surface area contributed by atoms with E-state index in [1.165, 1.54) is 6.42 Å². The van der Waals surface area contributed by atoms with Crippen molar-refractivity contribution in [1.29, 1.82) is 0 Å². The first-order valence-electron chi connectivity index (χ1n) is 6.75. The van der Waals surface area contributed by atoms with E-state index in [2.05, 4.69) is 9.98 Å². The maximum Gasteiger partial charge on any atom is 0.223 e. The van der Waals surface area contributed by atoms with Gasteiger partial charge in [0.2, 0.25) is 5.96 Å². The summed E-state index contributed by atoms with van der Waals surface area (Å²) in [6.45, 7) is 3.81. The highest BCUT2D eigenvalue weighted by atomic mass is 35.5. The third-order valence-corrected chi connectivity index (χ3v) is 3.40. The Morgan fingerprint density at radius 2 is 1.85 bits per heavy atom. The standard InChI is InChI=1S/C14H20ClN5/c1-10-7-11(15)9-12(8-10)18-13(16)19-14(17)20-5-3-2-4-6-20/h7-9H,2-6H2,1H3,(H4,16,17,18,19). The number of aliphatic imine (C=N–C) groups is 2. The predicted octanol–water partition coefficient (Wildman–Crippen LogP) is 2.40. The Bertz CT molecular complexity index is 512. The molecule has 0 radical (unpaired) electrons. The van der Waals surface area contributed by atoms with Gasteiger partial charge in [0.1, 0.15) is 0 Å². The highest BCUT2D eigenvalue weighted by Gasteiger charge is 2.12. The maximum absolute atomic E-state index is 5.98. The lowest BCUT2D eigenvalue weighted by Crippen LogP contribution is -2.41. The van der Waals surface area contributed by atoms with Crippen LogP contribution in [0.25, 0.3) is 0 Å². The van der Waals surface area contributed by atoms with Crippen molar-refractivity contribution in [3.05, 3.63) is 28.8 Å². The molecule has 5 nitrogen and oxygen atoms in total. The normalized spacial score (nSPS) is 17.4. The summed E-state index contributed by atoms with van der Waals surface area (Å²) in [5.41, 5.74) is 13.5. The molecule has 2 rings (SSSR count). The minimum absolute atomic E-state index is 0.148. The van der Waals surface area contributed by atoms with Gasteiger partial charge in [-0.2, -0.15) is 4.99 Å². The van der Waals surface area contributed by atoms with Gasteiger partial charge in [-0.05, 0) is 49.9 Å². The van der Waals surface area contributed by atoms with E-state index in [-0.39, 0.29) is 5.96 Å². The lowest BCUT2D eigenvalue weighted by molar-refractivity contribution is 0.339. The minimum atomic E-state index is 0.148. The van der Waals surface area contributed by atoms with Crippen molar-refractivity contribution in [2.24, 2.45) is 21.5 Å². The van der Waals surface area contributed by atoms with Crippen LogP contribution >= 0.6 is 11.6 Å². The van der Waals surface area contributed by atoms with E-state index in [1.54, 1.807) is 6.07 Å². The molecule has 0 unspecified atom stereocenters. The molecule has 108 valence electrons. The van der Waals surface area contributed by atoms with E-state index in [0.29, 0.717) is 16.7 Å². The Morgan fingerprint density at radius 3 is 2.50 bits per heavy atom. The summed E-state index contributed by atoms with van der Waals surface area (Å²) in [6, 6.07) is 5.50. The summed E-state index contributed by atoms with van der Waals surface area (Å²) in [4.78, 5) is 10.4. The van der Waals surface area contributed by atoms with Gasteiger partial charge in [-0.1, -0.05) is 11.6 Å². The molecule has 6 heteroatoms. The molecule has 0 aliphatic carbocycles. The SMILES string of the molecule is Cc1cc(Cl)cc(N=C(N)/N=C(\N)N2CCCCC2)c1. The number of guanidine groups is 2. The monoisotopic (exact) mass is 293 g/mol. The molecule has 0 saturated carbocycles. The molecule has 1 heterocycles. The smallest absolute Gasteiger partial charge is 0.223 e. The second kappa shape index (κ2) is 6.61. The first-order valence-corrected chi connectivity index (χ1v) is 7.13. The second-order valence-corrected chi connectivity index (χ2v) is 5.41. The van der Waals surface area contributed by atoms with E-state index in [9.17, 15) is 0 Å². The number of nitrogens with two attached hydrogens (primary N) is 2. The molecule has 0 atom stereocenters. The molecule has 1 aliphatic heterocycles. The van der Waals surface area contributed by atoms with Crippen molar-refractivity contribution in [3.63, 3.8) is 0 Å². The highest BCUT2D eigenvalue weighted by molar-refractivity contribution is 6.30. The zero-order chi connectivity index (χ0) is 14.5. The number of halogens is 1. The third-order valence-electron chi connectivity index (χ3n) is 3.18. The number of benzene rings is 1. The molecule has 1 aromatic carbocycles. The summed E-state index contributed by atoms with van der Waals surface area (Å²) in [5, 5.41) is 0.629. The Labute approximate surface area is 124 Å². The Balaban J connectivity index is 2.12. The van der Waals surface area contributed by atoms with Crippen LogP contribution in [0, 0.1) is 6.92 Å². The van der Waals surface area contributed by atoms with Gasteiger partial charge in [-0.3, -0.25) is 0 Å². The maximum atomic E-state index is 5.98. The summed E-state index contributed by atoms with van der Waals surface area (Å²) < 4.78 is 0. The number of hydrogen-bond acceptors (Lipinski definition) is 1. The van der Waals surface area contributed by atoms with Crippen molar-refractivity contribution in [2.45, 2.75) is 26.2 Å². The lowest BCUT2D eigenvalue weighted by atomic mass is 10.1. The molecular formula is C14H20ClN5. The third kappa shape index (κ3) is 4.13. The van der Waals surface area contributed by atoms with Crippen molar-refractivity contribution in [3.8, 4) is 0 Å². The molecule has 0 bridgehead atoms. The van der Waals surface area contributed by atoms with Crippen LogP contribution in [-0.4, -0.2) is 29.9 Å². The van der Waals surface area contributed by atoms with Crippen molar-refractivity contribution < 1.29 is 0 Å². The van der Waals surface area contributed by atoms with Gasteiger partial charge in [-0.25, -0.2) is 4.99 Å². The van der Waals surface area contributed by atoms with Gasteiger partial charge in [0.15, 0.2) is 5.96 Å². The molecule has 1 aromatic rings. The summed E-state index contributed by atoms with van der Waals surface area (Å²) >= 11 is 5.98. The highest BCUT2D eigenvalue weighted by Crippen LogP contribution is 2.21. The first-order chi connectivity index (χ1) is 9.54. The van der Waals surface area contributed by atoms with Crippen molar-refractivity contribution in [2.75, 3.05) is 13.1 Å². The van der Waals surface area contributed by atoms with E-state index in [0.717, 1.165) is 31.5 Å². The minimum Gasteiger partial charge on any atom is -0.369 e. The quantitative estimate of drug-likeness (QED) is 0.616. The fourth-order valence-electron chi connectivity index (χ4n) is 2.25. The van der Waals surface area contributed by atoms with Gasteiger partial charge >= 0.3 is 0 Å².